The number of para-hydroxylation sites is 1. The van der Waals surface area contributed by atoms with Crippen molar-refractivity contribution in [2.75, 3.05) is 19.1 Å². The molecule has 31 heavy (non-hydrogen) atoms. The number of ether oxygens (including phenoxy) is 2. The van der Waals surface area contributed by atoms with Gasteiger partial charge in [0.2, 0.25) is 0 Å². The van der Waals surface area contributed by atoms with Crippen LogP contribution in [0.25, 0.3) is 5.76 Å². The number of aryl methyl sites for hydroxylation is 1. The van der Waals surface area contributed by atoms with E-state index in [0.29, 0.717) is 28.7 Å². The van der Waals surface area contributed by atoms with Gasteiger partial charge in [-0.25, -0.2) is 0 Å². The molecule has 1 fully saturated rings. The molecule has 1 amide bonds. The standard InChI is InChI=1S/C24H21NO6/c1-14-9-11-19(31-14)21-20(22(26)17-13-16(29-2)10-12-18(17)30-3)23(27)24(28)25(21)15-7-5-4-6-8-15/h4-13,21,26H,1-3H3/b22-20+. The summed E-state index contributed by atoms with van der Waals surface area (Å²) in [5.41, 5.74) is 0.663. The van der Waals surface area contributed by atoms with Crippen LogP contribution in [-0.4, -0.2) is 31.0 Å². The molecule has 0 spiro atoms. The summed E-state index contributed by atoms with van der Waals surface area (Å²) in [6.45, 7) is 1.77. The van der Waals surface area contributed by atoms with Crippen LogP contribution in [0.1, 0.15) is 23.1 Å². The van der Waals surface area contributed by atoms with Crippen molar-refractivity contribution >= 4 is 23.1 Å². The van der Waals surface area contributed by atoms with Gasteiger partial charge in [-0.15, -0.1) is 0 Å². The van der Waals surface area contributed by atoms with E-state index in [1.807, 2.05) is 6.07 Å². The quantitative estimate of drug-likeness (QED) is 0.378. The molecule has 0 radical (unpaired) electrons. The molecular weight excluding hydrogens is 398 g/mol. The number of amides is 1. The predicted molar refractivity (Wildman–Crippen MR) is 114 cm³/mol. The Balaban J connectivity index is 1.97. The second-order valence-electron chi connectivity index (χ2n) is 7.02. The van der Waals surface area contributed by atoms with Gasteiger partial charge >= 0.3 is 0 Å². The van der Waals surface area contributed by atoms with Crippen LogP contribution in [0, 0.1) is 6.92 Å². The van der Waals surface area contributed by atoms with E-state index in [4.69, 9.17) is 13.9 Å². The number of furan rings is 1. The van der Waals surface area contributed by atoms with Gasteiger partial charge in [0.05, 0.1) is 25.4 Å². The minimum atomic E-state index is -0.938. The molecule has 2 aromatic carbocycles. The number of rotatable bonds is 5. The maximum Gasteiger partial charge on any atom is 0.300 e. The number of benzene rings is 2. The summed E-state index contributed by atoms with van der Waals surface area (Å²) in [5.74, 6) is -0.161. The van der Waals surface area contributed by atoms with E-state index < -0.39 is 17.7 Å². The first-order valence-electron chi connectivity index (χ1n) is 9.61. The number of methoxy groups -OCH3 is 2. The van der Waals surface area contributed by atoms with Crippen molar-refractivity contribution in [3.05, 3.63) is 83.3 Å². The molecule has 1 aromatic heterocycles. The van der Waals surface area contributed by atoms with Crippen molar-refractivity contribution in [1.29, 1.82) is 0 Å². The van der Waals surface area contributed by atoms with Crippen LogP contribution >= 0.6 is 0 Å². The molecule has 1 N–H and O–H groups in total. The Hall–Kier alpha value is -4.00. The Morgan fingerprint density at radius 1 is 1.00 bits per heavy atom. The second-order valence-corrected chi connectivity index (χ2v) is 7.02. The summed E-state index contributed by atoms with van der Waals surface area (Å²) in [5, 5.41) is 11.2. The highest BCUT2D eigenvalue weighted by Gasteiger charge is 2.48. The first-order valence-corrected chi connectivity index (χ1v) is 9.61. The average molecular weight is 419 g/mol. The van der Waals surface area contributed by atoms with Crippen molar-refractivity contribution in [2.24, 2.45) is 0 Å². The van der Waals surface area contributed by atoms with Gasteiger partial charge in [0.1, 0.15) is 34.8 Å². The first kappa shape index (κ1) is 20.3. The summed E-state index contributed by atoms with van der Waals surface area (Å²) in [6, 6.07) is 16.1. The zero-order valence-electron chi connectivity index (χ0n) is 17.3. The maximum atomic E-state index is 13.1. The third-order valence-corrected chi connectivity index (χ3v) is 5.17. The van der Waals surface area contributed by atoms with Crippen LogP contribution in [0.2, 0.25) is 0 Å². The molecule has 1 aliphatic heterocycles. The van der Waals surface area contributed by atoms with Crippen molar-refractivity contribution < 1.29 is 28.6 Å². The highest BCUT2D eigenvalue weighted by Crippen LogP contribution is 2.44. The zero-order valence-corrected chi connectivity index (χ0v) is 17.3. The summed E-state index contributed by atoms with van der Waals surface area (Å²) in [6.07, 6.45) is 0. The molecule has 7 heteroatoms. The normalized spacial score (nSPS) is 17.8. The zero-order chi connectivity index (χ0) is 22.1. The van der Waals surface area contributed by atoms with Crippen LogP contribution in [0.3, 0.4) is 0 Å². The number of ketones is 1. The number of nitrogens with zero attached hydrogens (tertiary/aromatic N) is 1. The van der Waals surface area contributed by atoms with Crippen LogP contribution in [-0.2, 0) is 9.59 Å². The predicted octanol–water partition coefficient (Wildman–Crippen LogP) is 4.23. The van der Waals surface area contributed by atoms with Crippen molar-refractivity contribution in [1.82, 2.24) is 0 Å². The fourth-order valence-electron chi connectivity index (χ4n) is 3.70. The lowest BCUT2D eigenvalue weighted by atomic mass is 9.98. The second kappa shape index (κ2) is 8.02. The lowest BCUT2D eigenvalue weighted by molar-refractivity contribution is -0.132. The molecule has 1 atom stereocenters. The van der Waals surface area contributed by atoms with Crippen LogP contribution < -0.4 is 14.4 Å². The number of hydrogen-bond acceptors (Lipinski definition) is 6. The van der Waals surface area contributed by atoms with Gasteiger partial charge in [-0.3, -0.25) is 14.5 Å². The van der Waals surface area contributed by atoms with Crippen molar-refractivity contribution in [2.45, 2.75) is 13.0 Å². The number of carbonyl (C=O) groups excluding carboxylic acids is 2. The first-order chi connectivity index (χ1) is 15.0. The van der Waals surface area contributed by atoms with Crippen LogP contribution in [0.5, 0.6) is 11.5 Å². The molecule has 1 saturated heterocycles. The van der Waals surface area contributed by atoms with E-state index in [0.717, 1.165) is 0 Å². The topological polar surface area (TPSA) is 89.2 Å². The molecule has 7 nitrogen and oxygen atoms in total. The van der Waals surface area contributed by atoms with Crippen LogP contribution in [0.15, 0.2) is 70.7 Å². The Bertz CT molecular complexity index is 1180. The van der Waals surface area contributed by atoms with Gasteiger partial charge in [0.15, 0.2) is 0 Å². The van der Waals surface area contributed by atoms with E-state index in [2.05, 4.69) is 0 Å². The Labute approximate surface area is 179 Å². The van der Waals surface area contributed by atoms with E-state index in [1.54, 1.807) is 61.5 Å². The lowest BCUT2D eigenvalue weighted by Gasteiger charge is -2.23. The molecule has 158 valence electrons. The van der Waals surface area contributed by atoms with E-state index in [-0.39, 0.29) is 16.9 Å². The van der Waals surface area contributed by atoms with Gasteiger partial charge in [-0.2, -0.15) is 0 Å². The molecule has 1 aliphatic rings. The number of carbonyl (C=O) groups is 2. The van der Waals surface area contributed by atoms with Crippen LogP contribution in [0.4, 0.5) is 5.69 Å². The van der Waals surface area contributed by atoms with Crippen molar-refractivity contribution in [3.8, 4) is 11.5 Å². The fraction of sp³-hybridized carbons (Fsp3) is 0.167. The Morgan fingerprint density at radius 2 is 1.74 bits per heavy atom. The minimum Gasteiger partial charge on any atom is -0.507 e. The molecule has 0 saturated carbocycles. The SMILES string of the molecule is COc1ccc(OC)c(/C(O)=C2\C(=O)C(=O)N(c3ccccc3)C2c2ccc(C)o2)c1. The minimum absolute atomic E-state index is 0.0882. The Kier molecular flexibility index (Phi) is 5.25. The molecule has 0 bridgehead atoms. The molecule has 1 unspecified atom stereocenters. The Morgan fingerprint density at radius 3 is 2.35 bits per heavy atom. The number of anilines is 1. The largest absolute Gasteiger partial charge is 0.507 e. The number of Topliss-reactive ketones (excluding diaryl/α,β-unsaturated/α-hetero) is 1. The number of aliphatic hydroxyl groups is 1. The molecular formula is C24H21NO6. The molecule has 4 rings (SSSR count). The number of hydrogen-bond donors (Lipinski definition) is 1. The van der Waals surface area contributed by atoms with Gasteiger partial charge in [-0.05, 0) is 49.4 Å². The monoisotopic (exact) mass is 419 g/mol. The lowest BCUT2D eigenvalue weighted by Crippen LogP contribution is -2.29. The molecule has 3 aromatic rings. The van der Waals surface area contributed by atoms with Crippen molar-refractivity contribution in [3.63, 3.8) is 0 Å². The van der Waals surface area contributed by atoms with Gasteiger partial charge < -0.3 is 19.0 Å². The third kappa shape index (κ3) is 3.44. The fourth-order valence-corrected chi connectivity index (χ4v) is 3.70. The van der Waals surface area contributed by atoms with E-state index >= 15 is 0 Å². The third-order valence-electron chi connectivity index (χ3n) is 5.17. The van der Waals surface area contributed by atoms with Gasteiger partial charge in [0.25, 0.3) is 11.7 Å². The number of aliphatic hydroxyl groups excluding tert-OH is 1. The maximum absolute atomic E-state index is 13.1. The highest BCUT2D eigenvalue weighted by molar-refractivity contribution is 6.51. The summed E-state index contributed by atoms with van der Waals surface area (Å²) >= 11 is 0. The van der Waals surface area contributed by atoms with Gasteiger partial charge in [-0.1, -0.05) is 18.2 Å². The summed E-state index contributed by atoms with van der Waals surface area (Å²) in [4.78, 5) is 27.5. The molecule has 2 heterocycles. The summed E-state index contributed by atoms with van der Waals surface area (Å²) in [7, 11) is 2.94. The van der Waals surface area contributed by atoms with E-state index in [1.165, 1.54) is 19.1 Å². The van der Waals surface area contributed by atoms with E-state index in [9.17, 15) is 14.7 Å². The molecule has 0 aliphatic carbocycles. The highest BCUT2D eigenvalue weighted by atomic mass is 16.5. The smallest absolute Gasteiger partial charge is 0.300 e. The summed E-state index contributed by atoms with van der Waals surface area (Å²) < 4.78 is 16.4. The van der Waals surface area contributed by atoms with Gasteiger partial charge in [0, 0.05) is 5.69 Å². The average Bonchev–Trinajstić information content (AvgIpc) is 3.34.